The van der Waals surface area contributed by atoms with E-state index < -0.39 is 0 Å². The Bertz CT molecular complexity index is 829. The Hall–Kier alpha value is -1.81. The summed E-state index contributed by atoms with van der Waals surface area (Å²) >= 11 is 1.80. The van der Waals surface area contributed by atoms with Crippen molar-refractivity contribution in [2.45, 2.75) is 59.5 Å². The summed E-state index contributed by atoms with van der Waals surface area (Å²) in [6, 6.07) is 8.52. The smallest absolute Gasteiger partial charge is 0.256 e. The van der Waals surface area contributed by atoms with Gasteiger partial charge in [0.25, 0.3) is 5.91 Å². The molecule has 3 nitrogen and oxygen atoms in total. The van der Waals surface area contributed by atoms with Gasteiger partial charge >= 0.3 is 0 Å². The zero-order valence-corrected chi connectivity index (χ0v) is 16.9. The van der Waals surface area contributed by atoms with Crippen molar-refractivity contribution in [1.29, 1.82) is 0 Å². The quantitative estimate of drug-likeness (QED) is 0.753. The van der Waals surface area contributed by atoms with E-state index in [0.717, 1.165) is 35.4 Å². The minimum Gasteiger partial charge on any atom is -0.353 e. The van der Waals surface area contributed by atoms with Crippen molar-refractivity contribution in [3.05, 3.63) is 51.4 Å². The Balaban J connectivity index is 1.62. The fraction of sp³-hybridized carbons (Fsp3) is 0.500. The summed E-state index contributed by atoms with van der Waals surface area (Å²) < 4.78 is 0. The molecule has 26 heavy (non-hydrogen) atoms. The number of aryl methyl sites for hydroxylation is 1. The average Bonchev–Trinajstić information content (AvgIpc) is 2.99. The van der Waals surface area contributed by atoms with Crippen molar-refractivity contribution in [2.75, 3.05) is 5.32 Å². The van der Waals surface area contributed by atoms with Crippen molar-refractivity contribution in [2.24, 2.45) is 11.3 Å². The Morgan fingerprint density at radius 3 is 2.54 bits per heavy atom. The number of hydrogen-bond donors (Lipinski definition) is 2. The molecule has 2 N–H and O–H groups in total. The number of carbonyl (C=O) groups is 1. The summed E-state index contributed by atoms with van der Waals surface area (Å²) in [7, 11) is 0. The molecule has 2 aliphatic rings. The Morgan fingerprint density at radius 1 is 1.15 bits per heavy atom. The molecule has 0 unspecified atom stereocenters. The SMILES string of the molecule is CCc1ccc([C@@H]2NC(=O)c3c(sc4c3CC[C@@H](C(C)(C)C)C4)N2)cc1. The van der Waals surface area contributed by atoms with E-state index in [1.807, 2.05) is 0 Å². The molecule has 0 bridgehead atoms. The van der Waals surface area contributed by atoms with Crippen molar-refractivity contribution in [3.63, 3.8) is 0 Å². The van der Waals surface area contributed by atoms with Gasteiger partial charge in [0.05, 0.1) is 5.56 Å². The lowest BCUT2D eigenvalue weighted by molar-refractivity contribution is 0.0935. The van der Waals surface area contributed by atoms with Gasteiger partial charge in [-0.1, -0.05) is 52.0 Å². The highest BCUT2D eigenvalue weighted by Gasteiger charge is 2.36. The van der Waals surface area contributed by atoms with Gasteiger partial charge in [-0.3, -0.25) is 4.79 Å². The van der Waals surface area contributed by atoms with Crippen molar-refractivity contribution in [1.82, 2.24) is 5.32 Å². The lowest BCUT2D eigenvalue weighted by Crippen LogP contribution is -2.38. The standard InChI is InChI=1S/C22H28N2OS/c1-5-13-6-8-14(9-7-13)19-23-20(25)18-16-11-10-15(22(2,3)4)12-17(16)26-21(18)24-19/h6-9,15,19,24H,5,10-12H2,1-4H3,(H,23,25)/t15-,19-/m1/s1. The maximum atomic E-state index is 12.9. The Kier molecular flexibility index (Phi) is 4.34. The highest BCUT2D eigenvalue weighted by Crippen LogP contribution is 2.45. The Labute approximate surface area is 160 Å². The van der Waals surface area contributed by atoms with E-state index >= 15 is 0 Å². The van der Waals surface area contributed by atoms with Crippen molar-refractivity contribution >= 4 is 22.2 Å². The molecule has 4 rings (SSSR count). The molecule has 138 valence electrons. The summed E-state index contributed by atoms with van der Waals surface area (Å²) in [6.45, 7) is 9.15. The number of amides is 1. The highest BCUT2D eigenvalue weighted by atomic mass is 32.1. The van der Waals surface area contributed by atoms with E-state index in [2.05, 4.69) is 62.6 Å². The monoisotopic (exact) mass is 368 g/mol. The van der Waals surface area contributed by atoms with Crippen LogP contribution in [-0.4, -0.2) is 5.91 Å². The second-order valence-corrected chi connectivity index (χ2v) is 9.76. The van der Waals surface area contributed by atoms with Crippen LogP contribution in [-0.2, 0) is 19.3 Å². The van der Waals surface area contributed by atoms with Gasteiger partial charge in [-0.2, -0.15) is 0 Å². The van der Waals surface area contributed by atoms with Crippen LogP contribution in [0.15, 0.2) is 24.3 Å². The second-order valence-electron chi connectivity index (χ2n) is 8.66. The molecule has 4 heteroatoms. The minimum absolute atomic E-state index is 0.0787. The van der Waals surface area contributed by atoms with Crippen LogP contribution in [0, 0.1) is 11.3 Å². The first-order valence-corrected chi connectivity index (χ1v) is 10.5. The van der Waals surface area contributed by atoms with E-state index in [0.29, 0.717) is 11.3 Å². The summed E-state index contributed by atoms with van der Waals surface area (Å²) in [6.07, 6.45) is 4.19. The van der Waals surface area contributed by atoms with Crippen LogP contribution in [0.3, 0.4) is 0 Å². The molecule has 2 heterocycles. The van der Waals surface area contributed by atoms with Crippen molar-refractivity contribution in [3.8, 4) is 0 Å². The van der Waals surface area contributed by atoms with Gasteiger partial charge < -0.3 is 10.6 Å². The summed E-state index contributed by atoms with van der Waals surface area (Å²) in [4.78, 5) is 14.3. The minimum atomic E-state index is -0.139. The van der Waals surface area contributed by atoms with E-state index in [1.54, 1.807) is 11.3 Å². The molecule has 1 amide bonds. The third-order valence-electron chi connectivity index (χ3n) is 5.99. The number of fused-ring (bicyclic) bond motifs is 3. The zero-order valence-electron chi connectivity index (χ0n) is 16.1. The second kappa shape index (κ2) is 6.41. The van der Waals surface area contributed by atoms with Gasteiger partial charge in [-0.25, -0.2) is 0 Å². The first kappa shape index (κ1) is 17.6. The number of nitrogens with one attached hydrogen (secondary N) is 2. The number of thiophene rings is 1. The third-order valence-corrected chi connectivity index (χ3v) is 7.17. The lowest BCUT2D eigenvalue weighted by Gasteiger charge is -2.34. The van der Waals surface area contributed by atoms with E-state index in [1.165, 1.54) is 22.4 Å². The van der Waals surface area contributed by atoms with Crippen LogP contribution in [0.1, 0.15) is 72.2 Å². The molecule has 0 saturated carbocycles. The number of carbonyl (C=O) groups excluding carboxylic acids is 1. The first-order valence-electron chi connectivity index (χ1n) is 9.67. The fourth-order valence-electron chi connectivity index (χ4n) is 4.15. The molecule has 1 aromatic heterocycles. The molecule has 0 saturated heterocycles. The van der Waals surface area contributed by atoms with Crippen LogP contribution >= 0.6 is 11.3 Å². The molecular weight excluding hydrogens is 340 g/mol. The molecule has 1 aromatic carbocycles. The summed E-state index contributed by atoms with van der Waals surface area (Å²) in [5.74, 6) is 0.769. The largest absolute Gasteiger partial charge is 0.353 e. The van der Waals surface area contributed by atoms with E-state index in [9.17, 15) is 4.79 Å². The lowest BCUT2D eigenvalue weighted by atomic mass is 9.72. The first-order chi connectivity index (χ1) is 12.4. The normalized spacial score (nSPS) is 22.2. The van der Waals surface area contributed by atoms with Crippen LogP contribution in [0.2, 0.25) is 0 Å². The molecule has 0 radical (unpaired) electrons. The molecule has 1 aliphatic heterocycles. The van der Waals surface area contributed by atoms with Gasteiger partial charge in [0.1, 0.15) is 11.2 Å². The van der Waals surface area contributed by atoms with E-state index in [4.69, 9.17) is 0 Å². The van der Waals surface area contributed by atoms with Crippen LogP contribution < -0.4 is 10.6 Å². The third kappa shape index (κ3) is 3.05. The zero-order chi connectivity index (χ0) is 18.5. The predicted octanol–water partition coefficient (Wildman–Crippen LogP) is 5.32. The van der Waals surface area contributed by atoms with Crippen LogP contribution in [0.5, 0.6) is 0 Å². The summed E-state index contributed by atoms with van der Waals surface area (Å²) in [5, 5.41) is 7.79. The Morgan fingerprint density at radius 2 is 1.88 bits per heavy atom. The maximum Gasteiger partial charge on any atom is 0.256 e. The van der Waals surface area contributed by atoms with Gasteiger partial charge in [0.2, 0.25) is 0 Å². The van der Waals surface area contributed by atoms with Crippen LogP contribution in [0.25, 0.3) is 0 Å². The van der Waals surface area contributed by atoms with Gasteiger partial charge in [-0.15, -0.1) is 11.3 Å². The number of benzene rings is 1. The maximum absolute atomic E-state index is 12.9. The summed E-state index contributed by atoms with van der Waals surface area (Å²) in [5.41, 5.74) is 4.94. The average molecular weight is 369 g/mol. The number of anilines is 1. The topological polar surface area (TPSA) is 41.1 Å². The van der Waals surface area contributed by atoms with Crippen LogP contribution in [0.4, 0.5) is 5.00 Å². The molecular formula is C22H28N2OS. The molecule has 0 fully saturated rings. The predicted molar refractivity (Wildman–Crippen MR) is 109 cm³/mol. The molecule has 2 aromatic rings. The highest BCUT2D eigenvalue weighted by molar-refractivity contribution is 7.16. The molecule has 2 atom stereocenters. The van der Waals surface area contributed by atoms with Crippen molar-refractivity contribution < 1.29 is 4.79 Å². The molecule has 0 spiro atoms. The van der Waals surface area contributed by atoms with Gasteiger partial charge in [0, 0.05) is 4.88 Å². The number of hydrogen-bond acceptors (Lipinski definition) is 3. The van der Waals surface area contributed by atoms with Gasteiger partial charge in [0.15, 0.2) is 0 Å². The fourth-order valence-corrected chi connectivity index (χ4v) is 5.50. The number of rotatable bonds is 2. The van der Waals surface area contributed by atoms with E-state index in [-0.39, 0.29) is 12.1 Å². The molecule has 1 aliphatic carbocycles. The van der Waals surface area contributed by atoms with Gasteiger partial charge in [-0.05, 0) is 53.7 Å².